The largest absolute Gasteiger partial charge is 0.496 e. The topological polar surface area (TPSA) is 49.7 Å². The minimum absolute atomic E-state index is 0.0169. The fourth-order valence-electron chi connectivity index (χ4n) is 1.87. The standard InChI is InChI=1S/C14H22O3/c1-4-12-7-11(5-6-13(12)17-3)8-14(2,9-15)10-16/h5-7,15-16H,4,8-10H2,1-3H3. The Kier molecular flexibility index (Phi) is 4.97. The van der Waals surface area contributed by atoms with Gasteiger partial charge in [0.15, 0.2) is 0 Å². The van der Waals surface area contributed by atoms with E-state index in [4.69, 9.17) is 4.74 Å². The fraction of sp³-hybridized carbons (Fsp3) is 0.571. The summed E-state index contributed by atoms with van der Waals surface area (Å²) < 4.78 is 5.28. The molecule has 0 heterocycles. The lowest BCUT2D eigenvalue weighted by molar-refractivity contribution is 0.0704. The molecule has 0 radical (unpaired) electrons. The molecule has 0 atom stereocenters. The van der Waals surface area contributed by atoms with Crippen LogP contribution in [0.4, 0.5) is 0 Å². The maximum absolute atomic E-state index is 9.29. The number of aliphatic hydroxyl groups excluding tert-OH is 2. The van der Waals surface area contributed by atoms with E-state index in [9.17, 15) is 10.2 Å². The summed E-state index contributed by atoms with van der Waals surface area (Å²) in [6.07, 6.45) is 1.57. The highest BCUT2D eigenvalue weighted by Crippen LogP contribution is 2.26. The van der Waals surface area contributed by atoms with Crippen LogP contribution in [-0.2, 0) is 12.8 Å². The van der Waals surface area contributed by atoms with Crippen molar-refractivity contribution in [1.29, 1.82) is 0 Å². The van der Waals surface area contributed by atoms with Gasteiger partial charge in [-0.3, -0.25) is 0 Å². The van der Waals surface area contributed by atoms with E-state index in [2.05, 4.69) is 13.0 Å². The fourth-order valence-corrected chi connectivity index (χ4v) is 1.87. The van der Waals surface area contributed by atoms with Crippen LogP contribution in [0, 0.1) is 5.41 Å². The Morgan fingerprint density at radius 2 is 1.88 bits per heavy atom. The van der Waals surface area contributed by atoms with Crippen LogP contribution < -0.4 is 4.74 Å². The molecule has 0 fully saturated rings. The molecule has 0 aliphatic rings. The van der Waals surface area contributed by atoms with Gasteiger partial charge in [0.2, 0.25) is 0 Å². The molecule has 3 heteroatoms. The first-order valence-electron chi connectivity index (χ1n) is 5.96. The molecular weight excluding hydrogens is 216 g/mol. The van der Waals surface area contributed by atoms with Crippen LogP contribution in [0.5, 0.6) is 5.75 Å². The van der Waals surface area contributed by atoms with Gasteiger partial charge in [-0.05, 0) is 30.0 Å². The van der Waals surface area contributed by atoms with Crippen LogP contribution in [0.3, 0.4) is 0 Å². The van der Waals surface area contributed by atoms with Crippen molar-refractivity contribution in [3.05, 3.63) is 29.3 Å². The zero-order valence-electron chi connectivity index (χ0n) is 10.9. The summed E-state index contributed by atoms with van der Waals surface area (Å²) >= 11 is 0. The second-order valence-corrected chi connectivity index (χ2v) is 4.80. The van der Waals surface area contributed by atoms with Crippen LogP contribution in [0.2, 0.25) is 0 Å². The van der Waals surface area contributed by atoms with Gasteiger partial charge in [-0.25, -0.2) is 0 Å². The van der Waals surface area contributed by atoms with Crippen molar-refractivity contribution >= 4 is 0 Å². The van der Waals surface area contributed by atoms with E-state index >= 15 is 0 Å². The summed E-state index contributed by atoms with van der Waals surface area (Å²) in [5.41, 5.74) is 1.82. The predicted molar refractivity (Wildman–Crippen MR) is 68.4 cm³/mol. The third kappa shape index (κ3) is 3.45. The molecule has 0 bridgehead atoms. The molecule has 0 unspecified atom stereocenters. The Bertz CT molecular complexity index is 356. The van der Waals surface area contributed by atoms with E-state index in [1.54, 1.807) is 7.11 Å². The number of benzene rings is 1. The average Bonchev–Trinajstić information content (AvgIpc) is 2.38. The van der Waals surface area contributed by atoms with Crippen LogP contribution >= 0.6 is 0 Å². The van der Waals surface area contributed by atoms with Crippen molar-refractivity contribution < 1.29 is 14.9 Å². The lowest BCUT2D eigenvalue weighted by Crippen LogP contribution is -2.28. The average molecular weight is 238 g/mol. The quantitative estimate of drug-likeness (QED) is 0.794. The monoisotopic (exact) mass is 238 g/mol. The molecular formula is C14H22O3. The Morgan fingerprint density at radius 3 is 2.35 bits per heavy atom. The molecule has 0 aliphatic carbocycles. The normalized spacial score (nSPS) is 11.6. The first-order chi connectivity index (χ1) is 8.08. The van der Waals surface area contributed by atoms with Crippen LogP contribution in [0.1, 0.15) is 25.0 Å². The second kappa shape index (κ2) is 6.03. The molecule has 17 heavy (non-hydrogen) atoms. The van der Waals surface area contributed by atoms with E-state index in [1.807, 2.05) is 19.1 Å². The summed E-state index contributed by atoms with van der Waals surface area (Å²) in [7, 11) is 1.67. The van der Waals surface area contributed by atoms with Gasteiger partial charge in [0, 0.05) is 5.41 Å². The van der Waals surface area contributed by atoms with E-state index in [1.165, 1.54) is 0 Å². The second-order valence-electron chi connectivity index (χ2n) is 4.80. The van der Waals surface area contributed by atoms with E-state index in [0.29, 0.717) is 6.42 Å². The molecule has 1 aromatic rings. The van der Waals surface area contributed by atoms with Crippen LogP contribution in [0.15, 0.2) is 18.2 Å². The number of hydrogen-bond donors (Lipinski definition) is 2. The molecule has 3 nitrogen and oxygen atoms in total. The minimum Gasteiger partial charge on any atom is -0.496 e. The molecule has 0 amide bonds. The van der Waals surface area contributed by atoms with Gasteiger partial charge in [-0.1, -0.05) is 26.0 Å². The van der Waals surface area contributed by atoms with Crippen LogP contribution in [0.25, 0.3) is 0 Å². The number of aryl methyl sites for hydroxylation is 1. The summed E-state index contributed by atoms with van der Waals surface area (Å²) in [5, 5.41) is 18.6. The summed E-state index contributed by atoms with van der Waals surface area (Å²) in [4.78, 5) is 0. The summed E-state index contributed by atoms with van der Waals surface area (Å²) in [6.45, 7) is 3.93. The van der Waals surface area contributed by atoms with E-state index in [-0.39, 0.29) is 13.2 Å². The molecule has 0 spiro atoms. The summed E-state index contributed by atoms with van der Waals surface area (Å²) in [5.74, 6) is 0.894. The SMILES string of the molecule is CCc1cc(CC(C)(CO)CO)ccc1OC. The third-order valence-electron chi connectivity index (χ3n) is 3.12. The van der Waals surface area contributed by atoms with Gasteiger partial charge in [0.1, 0.15) is 5.75 Å². The molecule has 0 aromatic heterocycles. The predicted octanol–water partition coefficient (Wildman–Crippen LogP) is 1.79. The Labute approximate surface area is 103 Å². The Balaban J connectivity index is 2.93. The highest BCUT2D eigenvalue weighted by atomic mass is 16.5. The zero-order chi connectivity index (χ0) is 12.9. The molecule has 96 valence electrons. The van der Waals surface area contributed by atoms with E-state index < -0.39 is 5.41 Å². The summed E-state index contributed by atoms with van der Waals surface area (Å²) in [6, 6.07) is 6.02. The van der Waals surface area contributed by atoms with Gasteiger partial charge in [-0.15, -0.1) is 0 Å². The van der Waals surface area contributed by atoms with Crippen molar-refractivity contribution in [2.24, 2.45) is 5.41 Å². The number of hydrogen-bond acceptors (Lipinski definition) is 3. The van der Waals surface area contributed by atoms with Crippen molar-refractivity contribution in [3.63, 3.8) is 0 Å². The molecule has 0 saturated heterocycles. The number of methoxy groups -OCH3 is 1. The first kappa shape index (κ1) is 14.0. The van der Waals surface area contributed by atoms with Gasteiger partial charge in [-0.2, -0.15) is 0 Å². The van der Waals surface area contributed by atoms with Crippen molar-refractivity contribution in [2.75, 3.05) is 20.3 Å². The van der Waals surface area contributed by atoms with Crippen molar-refractivity contribution in [1.82, 2.24) is 0 Å². The minimum atomic E-state index is -0.459. The van der Waals surface area contributed by atoms with Crippen molar-refractivity contribution in [3.8, 4) is 5.75 Å². The van der Waals surface area contributed by atoms with E-state index in [0.717, 1.165) is 23.3 Å². The van der Waals surface area contributed by atoms with Gasteiger partial charge in [0.25, 0.3) is 0 Å². The highest BCUT2D eigenvalue weighted by molar-refractivity contribution is 5.37. The van der Waals surface area contributed by atoms with Crippen LogP contribution in [-0.4, -0.2) is 30.5 Å². The lowest BCUT2D eigenvalue weighted by atomic mass is 9.85. The maximum Gasteiger partial charge on any atom is 0.122 e. The van der Waals surface area contributed by atoms with Gasteiger partial charge in [0.05, 0.1) is 20.3 Å². The molecule has 0 aliphatic heterocycles. The maximum atomic E-state index is 9.29. The lowest BCUT2D eigenvalue weighted by Gasteiger charge is -2.25. The molecule has 0 saturated carbocycles. The molecule has 1 rings (SSSR count). The van der Waals surface area contributed by atoms with Crippen molar-refractivity contribution in [2.45, 2.75) is 26.7 Å². The number of aliphatic hydroxyl groups is 2. The molecule has 2 N–H and O–H groups in total. The van der Waals surface area contributed by atoms with Gasteiger partial charge < -0.3 is 14.9 Å². The highest BCUT2D eigenvalue weighted by Gasteiger charge is 2.23. The third-order valence-corrected chi connectivity index (χ3v) is 3.12. The Morgan fingerprint density at radius 1 is 1.24 bits per heavy atom. The smallest absolute Gasteiger partial charge is 0.122 e. The number of rotatable bonds is 6. The Hall–Kier alpha value is -1.06. The number of ether oxygens (including phenoxy) is 1. The molecule has 1 aromatic carbocycles. The van der Waals surface area contributed by atoms with Gasteiger partial charge >= 0.3 is 0 Å². The first-order valence-corrected chi connectivity index (χ1v) is 5.96. The zero-order valence-corrected chi connectivity index (χ0v) is 10.9.